The van der Waals surface area contributed by atoms with Crippen LogP contribution in [0.25, 0.3) is 10.4 Å². The third-order valence-corrected chi connectivity index (χ3v) is 4.33. The third-order valence-electron chi connectivity index (χ3n) is 2.26. The third kappa shape index (κ3) is 2.87. The quantitative estimate of drug-likeness (QED) is 0.856. The Morgan fingerprint density at radius 3 is 2.53 bits per heavy atom. The Kier molecular flexibility index (Phi) is 3.49. The maximum absolute atomic E-state index is 10.9. The maximum atomic E-state index is 10.9. The smallest absolute Gasteiger partial charge is 0.222 e. The van der Waals surface area contributed by atoms with Crippen molar-refractivity contribution < 1.29 is 4.79 Å². The fourth-order valence-electron chi connectivity index (χ4n) is 1.51. The molecular weight excluding hydrogens is 300 g/mol. The number of carbonyl (C=O) groups is 1. The molecule has 3 nitrogen and oxygen atoms in total. The summed E-state index contributed by atoms with van der Waals surface area (Å²) < 4.78 is 0.975. The Bertz CT molecular complexity index is 548. The zero-order chi connectivity index (χ0) is 12.4. The number of carbonyl (C=O) groups excluding carboxylic acids is 1. The second-order valence-electron chi connectivity index (χ2n) is 3.65. The standard InChI is InChI=1S/C12H11BrN2OS/c13-10-5-9(6-11(15)16)17-12(10)7-1-3-8(14)4-2-7/h1-5H,6,14H2,(H2,15,16). The zero-order valence-electron chi connectivity index (χ0n) is 8.94. The van der Waals surface area contributed by atoms with Crippen LogP contribution in [0.5, 0.6) is 0 Å². The van der Waals surface area contributed by atoms with Crippen molar-refractivity contribution in [1.29, 1.82) is 0 Å². The van der Waals surface area contributed by atoms with Crippen LogP contribution in [0.2, 0.25) is 0 Å². The molecule has 1 aromatic carbocycles. The minimum atomic E-state index is -0.317. The van der Waals surface area contributed by atoms with Crippen LogP contribution in [-0.2, 0) is 11.2 Å². The first kappa shape index (κ1) is 12.1. The number of amides is 1. The van der Waals surface area contributed by atoms with Crippen molar-refractivity contribution in [1.82, 2.24) is 0 Å². The van der Waals surface area contributed by atoms with Gasteiger partial charge in [-0.2, -0.15) is 0 Å². The second-order valence-corrected chi connectivity index (χ2v) is 5.65. The van der Waals surface area contributed by atoms with E-state index < -0.39 is 0 Å². The van der Waals surface area contributed by atoms with E-state index in [1.54, 1.807) is 11.3 Å². The van der Waals surface area contributed by atoms with Crippen LogP contribution in [-0.4, -0.2) is 5.91 Å². The fourth-order valence-corrected chi connectivity index (χ4v) is 3.47. The summed E-state index contributed by atoms with van der Waals surface area (Å²) in [5.41, 5.74) is 12.6. The predicted octanol–water partition coefficient (Wildman–Crippen LogP) is 2.79. The first-order chi connectivity index (χ1) is 8.06. The summed E-state index contributed by atoms with van der Waals surface area (Å²) in [6.07, 6.45) is 0.276. The molecule has 1 aromatic heterocycles. The summed E-state index contributed by atoms with van der Waals surface area (Å²) in [6, 6.07) is 9.56. The van der Waals surface area contributed by atoms with Crippen molar-refractivity contribution in [2.45, 2.75) is 6.42 Å². The molecule has 2 rings (SSSR count). The van der Waals surface area contributed by atoms with E-state index in [1.165, 1.54) is 0 Å². The molecule has 2 aromatic rings. The van der Waals surface area contributed by atoms with Crippen molar-refractivity contribution >= 4 is 38.9 Å². The summed E-state index contributed by atoms with van der Waals surface area (Å²) in [7, 11) is 0. The fraction of sp³-hybridized carbons (Fsp3) is 0.0833. The SMILES string of the molecule is NC(=O)Cc1cc(Br)c(-c2ccc(N)cc2)s1. The molecule has 88 valence electrons. The van der Waals surface area contributed by atoms with Gasteiger partial charge in [0.05, 0.1) is 6.42 Å². The molecule has 0 aliphatic carbocycles. The lowest BCUT2D eigenvalue weighted by atomic mass is 10.2. The van der Waals surface area contributed by atoms with Crippen molar-refractivity contribution in [3.8, 4) is 10.4 Å². The second kappa shape index (κ2) is 4.89. The summed E-state index contributed by atoms with van der Waals surface area (Å²) in [5.74, 6) is -0.317. The minimum absolute atomic E-state index is 0.276. The number of thiophene rings is 1. The molecule has 1 amide bonds. The van der Waals surface area contributed by atoms with E-state index in [0.717, 1.165) is 25.5 Å². The van der Waals surface area contributed by atoms with Gasteiger partial charge in [-0.15, -0.1) is 11.3 Å². The number of nitrogens with two attached hydrogens (primary N) is 2. The summed E-state index contributed by atoms with van der Waals surface area (Å²) in [4.78, 5) is 12.9. The van der Waals surface area contributed by atoms with Crippen LogP contribution in [0.15, 0.2) is 34.8 Å². The van der Waals surface area contributed by atoms with Crippen LogP contribution in [0.3, 0.4) is 0 Å². The first-order valence-electron chi connectivity index (χ1n) is 4.98. The molecule has 0 fully saturated rings. The normalized spacial score (nSPS) is 10.4. The average molecular weight is 311 g/mol. The average Bonchev–Trinajstić information content (AvgIpc) is 2.59. The number of nitrogen functional groups attached to an aromatic ring is 1. The molecule has 0 saturated carbocycles. The van der Waals surface area contributed by atoms with E-state index in [-0.39, 0.29) is 12.3 Å². The lowest BCUT2D eigenvalue weighted by Gasteiger charge is -1.99. The van der Waals surface area contributed by atoms with Gasteiger partial charge in [0.2, 0.25) is 5.91 Å². The zero-order valence-corrected chi connectivity index (χ0v) is 11.3. The number of hydrogen-bond acceptors (Lipinski definition) is 3. The van der Waals surface area contributed by atoms with Crippen LogP contribution in [0, 0.1) is 0 Å². The van der Waals surface area contributed by atoms with Gasteiger partial charge >= 0.3 is 0 Å². The van der Waals surface area contributed by atoms with E-state index in [9.17, 15) is 4.79 Å². The highest BCUT2D eigenvalue weighted by Gasteiger charge is 2.10. The van der Waals surface area contributed by atoms with E-state index in [2.05, 4.69) is 15.9 Å². The molecule has 0 spiro atoms. The largest absolute Gasteiger partial charge is 0.399 e. The van der Waals surface area contributed by atoms with Gasteiger partial charge in [-0.3, -0.25) is 4.79 Å². The van der Waals surface area contributed by atoms with Crippen molar-refractivity contribution in [3.05, 3.63) is 39.7 Å². The maximum Gasteiger partial charge on any atom is 0.222 e. The van der Waals surface area contributed by atoms with E-state index in [4.69, 9.17) is 11.5 Å². The van der Waals surface area contributed by atoms with E-state index >= 15 is 0 Å². The first-order valence-corrected chi connectivity index (χ1v) is 6.59. The van der Waals surface area contributed by atoms with Gasteiger partial charge < -0.3 is 11.5 Å². The van der Waals surface area contributed by atoms with Gasteiger partial charge in [0.15, 0.2) is 0 Å². The molecule has 0 bridgehead atoms. The highest BCUT2D eigenvalue weighted by Crippen LogP contribution is 2.36. The predicted molar refractivity (Wildman–Crippen MR) is 74.8 cm³/mol. The summed E-state index contributed by atoms with van der Waals surface area (Å²) in [6.45, 7) is 0. The molecule has 5 heteroatoms. The van der Waals surface area contributed by atoms with Crippen LogP contribution >= 0.6 is 27.3 Å². The Morgan fingerprint density at radius 1 is 1.29 bits per heavy atom. The monoisotopic (exact) mass is 310 g/mol. The van der Waals surface area contributed by atoms with Gasteiger partial charge in [-0.1, -0.05) is 12.1 Å². The molecule has 0 aliphatic rings. The minimum Gasteiger partial charge on any atom is -0.399 e. The Morgan fingerprint density at radius 2 is 1.94 bits per heavy atom. The van der Waals surface area contributed by atoms with Crippen LogP contribution in [0.4, 0.5) is 5.69 Å². The molecule has 0 radical (unpaired) electrons. The number of anilines is 1. The molecule has 0 atom stereocenters. The molecule has 0 unspecified atom stereocenters. The van der Waals surface area contributed by atoms with Crippen molar-refractivity contribution in [3.63, 3.8) is 0 Å². The van der Waals surface area contributed by atoms with Crippen LogP contribution < -0.4 is 11.5 Å². The Balaban J connectivity index is 2.35. The summed E-state index contributed by atoms with van der Waals surface area (Å²) >= 11 is 5.05. The Hall–Kier alpha value is -1.33. The topological polar surface area (TPSA) is 69.1 Å². The van der Waals surface area contributed by atoms with Gasteiger partial charge in [-0.05, 0) is 39.7 Å². The molecule has 4 N–H and O–H groups in total. The molecule has 17 heavy (non-hydrogen) atoms. The van der Waals surface area contributed by atoms with Gasteiger partial charge in [-0.25, -0.2) is 0 Å². The number of benzene rings is 1. The number of rotatable bonds is 3. The van der Waals surface area contributed by atoms with E-state index in [1.807, 2.05) is 30.3 Å². The number of halogens is 1. The van der Waals surface area contributed by atoms with Gasteiger partial charge in [0, 0.05) is 19.9 Å². The summed E-state index contributed by atoms with van der Waals surface area (Å²) in [5, 5.41) is 0. The lowest BCUT2D eigenvalue weighted by molar-refractivity contribution is -0.117. The number of primary amides is 1. The van der Waals surface area contributed by atoms with Crippen molar-refractivity contribution in [2.24, 2.45) is 5.73 Å². The van der Waals surface area contributed by atoms with E-state index in [0.29, 0.717) is 0 Å². The van der Waals surface area contributed by atoms with Crippen LogP contribution in [0.1, 0.15) is 4.88 Å². The Labute approximate surface area is 112 Å². The molecule has 1 heterocycles. The van der Waals surface area contributed by atoms with Gasteiger partial charge in [0.1, 0.15) is 0 Å². The lowest BCUT2D eigenvalue weighted by Crippen LogP contribution is -2.12. The number of hydrogen-bond donors (Lipinski definition) is 2. The molecule has 0 saturated heterocycles. The van der Waals surface area contributed by atoms with Gasteiger partial charge in [0.25, 0.3) is 0 Å². The van der Waals surface area contributed by atoms with Crippen molar-refractivity contribution in [2.75, 3.05) is 5.73 Å². The molecular formula is C12H11BrN2OS. The molecule has 0 aliphatic heterocycles. The highest BCUT2D eigenvalue weighted by molar-refractivity contribution is 9.10. The highest BCUT2D eigenvalue weighted by atomic mass is 79.9.